The zero-order chi connectivity index (χ0) is 16.7. The summed E-state index contributed by atoms with van der Waals surface area (Å²) in [5.41, 5.74) is 1.11. The number of benzene rings is 2. The first-order valence-electron chi connectivity index (χ1n) is 6.97. The average molecular weight is 317 g/mol. The molecule has 0 saturated heterocycles. The lowest BCUT2D eigenvalue weighted by Crippen LogP contribution is -2.29. The molecule has 1 amide bonds. The van der Waals surface area contributed by atoms with Crippen LogP contribution >= 0.6 is 0 Å². The van der Waals surface area contributed by atoms with Crippen LogP contribution in [0.2, 0.25) is 0 Å². The molecular formula is C17H16FNO4. The molecule has 2 aromatic carbocycles. The average Bonchev–Trinajstić information content (AvgIpc) is 2.59. The Hall–Kier alpha value is -2.73. The number of esters is 1. The zero-order valence-electron chi connectivity index (χ0n) is 12.2. The quantitative estimate of drug-likeness (QED) is 0.796. The highest BCUT2D eigenvalue weighted by atomic mass is 19.1. The Balaban J connectivity index is 1.75. The van der Waals surface area contributed by atoms with Gasteiger partial charge in [0.1, 0.15) is 5.82 Å². The van der Waals surface area contributed by atoms with E-state index in [1.54, 1.807) is 42.5 Å². The summed E-state index contributed by atoms with van der Waals surface area (Å²) in [6.07, 6.45) is -1.43. The fraction of sp³-hybridized carbons (Fsp3) is 0.176. The van der Waals surface area contributed by atoms with Gasteiger partial charge in [-0.1, -0.05) is 42.5 Å². The standard InChI is InChI=1S/C17H16FNO4/c18-14-8-6-12(7-9-14)10-19-15(20)11-23-17(22)16(21)13-4-2-1-3-5-13/h1-9,16,21H,10-11H2,(H,19,20)/t16-/m1/s1. The van der Waals surface area contributed by atoms with Crippen molar-refractivity contribution in [3.63, 3.8) is 0 Å². The predicted octanol–water partition coefficient (Wildman–Crippen LogP) is 1.72. The van der Waals surface area contributed by atoms with Gasteiger partial charge in [0.2, 0.25) is 0 Å². The van der Waals surface area contributed by atoms with Gasteiger partial charge in [-0.15, -0.1) is 0 Å². The smallest absolute Gasteiger partial charge is 0.340 e. The van der Waals surface area contributed by atoms with Crippen LogP contribution in [-0.2, 0) is 20.9 Å². The first-order chi connectivity index (χ1) is 11.1. The third kappa shape index (κ3) is 5.19. The van der Waals surface area contributed by atoms with E-state index in [0.717, 1.165) is 5.56 Å². The van der Waals surface area contributed by atoms with Crippen LogP contribution in [0.3, 0.4) is 0 Å². The number of rotatable bonds is 6. The summed E-state index contributed by atoms with van der Waals surface area (Å²) >= 11 is 0. The summed E-state index contributed by atoms with van der Waals surface area (Å²) in [5, 5.41) is 12.3. The topological polar surface area (TPSA) is 75.6 Å². The molecule has 0 aromatic heterocycles. The number of nitrogens with one attached hydrogen (secondary N) is 1. The van der Waals surface area contributed by atoms with Crippen molar-refractivity contribution in [1.82, 2.24) is 5.32 Å². The van der Waals surface area contributed by atoms with Gasteiger partial charge in [0, 0.05) is 6.54 Å². The van der Waals surface area contributed by atoms with E-state index in [2.05, 4.69) is 5.32 Å². The van der Waals surface area contributed by atoms with Crippen LogP contribution in [0.4, 0.5) is 4.39 Å². The molecule has 0 unspecified atom stereocenters. The van der Waals surface area contributed by atoms with Crippen molar-refractivity contribution in [2.45, 2.75) is 12.6 Å². The Bertz CT molecular complexity index is 658. The Labute approximate surface area is 132 Å². The fourth-order valence-electron chi connectivity index (χ4n) is 1.84. The molecule has 2 aromatic rings. The summed E-state index contributed by atoms with van der Waals surface area (Å²) in [6, 6.07) is 13.9. The molecule has 0 aliphatic rings. The van der Waals surface area contributed by atoms with E-state index in [-0.39, 0.29) is 12.4 Å². The van der Waals surface area contributed by atoms with Gasteiger partial charge in [0.05, 0.1) is 0 Å². The summed E-state index contributed by atoms with van der Waals surface area (Å²) in [4.78, 5) is 23.3. The molecule has 1 atom stereocenters. The van der Waals surface area contributed by atoms with Gasteiger partial charge >= 0.3 is 5.97 Å². The van der Waals surface area contributed by atoms with Crippen LogP contribution in [0.1, 0.15) is 17.2 Å². The SMILES string of the molecule is O=C(COC(=O)[C@H](O)c1ccccc1)NCc1ccc(F)cc1. The summed E-state index contributed by atoms with van der Waals surface area (Å²) in [7, 11) is 0. The van der Waals surface area contributed by atoms with Crippen LogP contribution in [0.15, 0.2) is 54.6 Å². The van der Waals surface area contributed by atoms with Crippen molar-refractivity contribution >= 4 is 11.9 Å². The monoisotopic (exact) mass is 317 g/mol. The minimum atomic E-state index is -1.43. The van der Waals surface area contributed by atoms with Crippen LogP contribution in [0.25, 0.3) is 0 Å². The molecule has 0 radical (unpaired) electrons. The van der Waals surface area contributed by atoms with Crippen molar-refractivity contribution in [3.8, 4) is 0 Å². The molecule has 0 aliphatic carbocycles. The Kier molecular flexibility index (Phi) is 5.82. The molecule has 0 fully saturated rings. The lowest BCUT2D eigenvalue weighted by Gasteiger charge is -2.11. The Morgan fingerprint density at radius 3 is 2.39 bits per heavy atom. The van der Waals surface area contributed by atoms with Gasteiger partial charge in [0.15, 0.2) is 12.7 Å². The summed E-state index contributed by atoms with van der Waals surface area (Å²) in [6.45, 7) is -0.304. The van der Waals surface area contributed by atoms with Crippen molar-refractivity contribution in [1.29, 1.82) is 0 Å². The van der Waals surface area contributed by atoms with Gasteiger partial charge in [-0.3, -0.25) is 4.79 Å². The number of carbonyl (C=O) groups is 2. The lowest BCUT2D eigenvalue weighted by atomic mass is 10.1. The van der Waals surface area contributed by atoms with E-state index < -0.39 is 24.6 Å². The molecule has 2 rings (SSSR count). The van der Waals surface area contributed by atoms with Gasteiger partial charge in [0.25, 0.3) is 5.91 Å². The van der Waals surface area contributed by atoms with Crippen molar-refractivity contribution < 1.29 is 23.8 Å². The van der Waals surface area contributed by atoms with Crippen LogP contribution < -0.4 is 5.32 Å². The van der Waals surface area contributed by atoms with Gasteiger partial charge in [-0.25, -0.2) is 9.18 Å². The number of ether oxygens (including phenoxy) is 1. The second-order valence-corrected chi connectivity index (χ2v) is 4.82. The van der Waals surface area contributed by atoms with Gasteiger partial charge in [-0.05, 0) is 23.3 Å². The molecule has 0 spiro atoms. The van der Waals surface area contributed by atoms with E-state index >= 15 is 0 Å². The van der Waals surface area contributed by atoms with Crippen LogP contribution in [-0.4, -0.2) is 23.6 Å². The molecule has 23 heavy (non-hydrogen) atoms. The normalized spacial score (nSPS) is 11.6. The second kappa shape index (κ2) is 8.05. The minimum Gasteiger partial charge on any atom is -0.453 e. The van der Waals surface area contributed by atoms with E-state index in [1.807, 2.05) is 0 Å². The van der Waals surface area contributed by atoms with Gasteiger partial charge in [-0.2, -0.15) is 0 Å². The summed E-state index contributed by atoms with van der Waals surface area (Å²) < 4.78 is 17.5. The minimum absolute atomic E-state index is 0.192. The zero-order valence-corrected chi connectivity index (χ0v) is 12.2. The van der Waals surface area contributed by atoms with E-state index in [9.17, 15) is 19.1 Å². The number of amides is 1. The molecule has 5 nitrogen and oxygen atoms in total. The van der Waals surface area contributed by atoms with Crippen molar-refractivity contribution in [2.75, 3.05) is 6.61 Å². The first-order valence-corrected chi connectivity index (χ1v) is 6.97. The molecule has 0 saturated carbocycles. The van der Waals surface area contributed by atoms with E-state index in [1.165, 1.54) is 12.1 Å². The molecule has 6 heteroatoms. The second-order valence-electron chi connectivity index (χ2n) is 4.82. The number of aliphatic hydroxyl groups excluding tert-OH is 1. The number of aliphatic hydroxyl groups is 1. The maximum Gasteiger partial charge on any atom is 0.340 e. The van der Waals surface area contributed by atoms with Crippen molar-refractivity contribution in [2.24, 2.45) is 0 Å². The maximum absolute atomic E-state index is 12.7. The number of hydrogen-bond donors (Lipinski definition) is 2. The van der Waals surface area contributed by atoms with Crippen molar-refractivity contribution in [3.05, 3.63) is 71.5 Å². The lowest BCUT2D eigenvalue weighted by molar-refractivity contribution is -0.157. The molecule has 120 valence electrons. The predicted molar refractivity (Wildman–Crippen MR) is 80.6 cm³/mol. The number of carbonyl (C=O) groups excluding carboxylic acids is 2. The largest absolute Gasteiger partial charge is 0.453 e. The summed E-state index contributed by atoms with van der Waals surface area (Å²) in [5.74, 6) is -1.76. The van der Waals surface area contributed by atoms with E-state index in [0.29, 0.717) is 5.56 Å². The highest BCUT2D eigenvalue weighted by Crippen LogP contribution is 2.13. The first kappa shape index (κ1) is 16.6. The Morgan fingerprint density at radius 1 is 1.09 bits per heavy atom. The van der Waals surface area contributed by atoms with Gasteiger partial charge < -0.3 is 15.2 Å². The number of halogens is 1. The van der Waals surface area contributed by atoms with Crippen LogP contribution in [0, 0.1) is 5.82 Å². The molecule has 2 N–H and O–H groups in total. The molecule has 0 bridgehead atoms. The third-order valence-electron chi connectivity index (χ3n) is 3.09. The third-order valence-corrected chi connectivity index (χ3v) is 3.09. The highest BCUT2D eigenvalue weighted by molar-refractivity contribution is 5.82. The van der Waals surface area contributed by atoms with E-state index in [4.69, 9.17) is 4.74 Å². The molecule has 0 heterocycles. The Morgan fingerprint density at radius 2 is 1.74 bits per heavy atom. The molecule has 0 aliphatic heterocycles. The highest BCUT2D eigenvalue weighted by Gasteiger charge is 2.19. The molecular weight excluding hydrogens is 301 g/mol. The van der Waals surface area contributed by atoms with Crippen LogP contribution in [0.5, 0.6) is 0 Å². The maximum atomic E-state index is 12.7. The fourth-order valence-corrected chi connectivity index (χ4v) is 1.84. The number of hydrogen-bond acceptors (Lipinski definition) is 4.